The largest absolute Gasteiger partial charge is 0.374 e. The summed E-state index contributed by atoms with van der Waals surface area (Å²) in [6.07, 6.45) is 10.3. The highest BCUT2D eigenvalue weighted by Crippen LogP contribution is 2.38. The van der Waals surface area contributed by atoms with Gasteiger partial charge in [-0.05, 0) is 35.9 Å². The number of hydrogen-bond acceptors (Lipinski definition) is 5. The average molecular weight is 482 g/mol. The maximum atomic E-state index is 12.7. The Morgan fingerprint density at radius 1 is 1.06 bits per heavy atom. The molecule has 7 nitrogen and oxygen atoms in total. The third kappa shape index (κ3) is 3.69. The van der Waals surface area contributed by atoms with Gasteiger partial charge in [0.25, 0.3) is 5.56 Å². The Morgan fingerprint density at radius 3 is 2.51 bits per heavy atom. The predicted octanol–water partition coefficient (Wildman–Crippen LogP) is 3.65. The molecule has 0 aliphatic heterocycles. The molecule has 35 heavy (non-hydrogen) atoms. The van der Waals surface area contributed by atoms with E-state index in [0.29, 0.717) is 49.8 Å². The third-order valence-electron chi connectivity index (χ3n) is 6.11. The van der Waals surface area contributed by atoms with Crippen LogP contribution in [0.2, 0.25) is 5.02 Å². The maximum Gasteiger partial charge on any atom is 0.252 e. The Labute approximate surface area is 206 Å². The lowest BCUT2D eigenvalue weighted by atomic mass is 9.83. The number of aromatic nitrogens is 5. The summed E-state index contributed by atoms with van der Waals surface area (Å²) in [6, 6.07) is 15.6. The molecule has 0 saturated heterocycles. The van der Waals surface area contributed by atoms with Crippen LogP contribution in [0.15, 0.2) is 78.1 Å². The molecular weight excluding hydrogens is 462 g/mol. The highest BCUT2D eigenvalue weighted by atomic mass is 35.5. The number of aliphatic hydroxyl groups is 1. The molecule has 4 aromatic heterocycles. The molecule has 1 aromatic carbocycles. The molecule has 0 spiro atoms. The number of terminal acetylenes is 1. The summed E-state index contributed by atoms with van der Waals surface area (Å²) < 4.78 is 3.21. The summed E-state index contributed by atoms with van der Waals surface area (Å²) in [5.74, 6) is 2.53. The second-order valence-electron chi connectivity index (χ2n) is 8.21. The number of halogens is 1. The Kier molecular flexibility index (Phi) is 5.48. The smallest absolute Gasteiger partial charge is 0.252 e. The number of fused-ring (bicyclic) bond motifs is 1. The molecule has 0 fully saturated rings. The normalized spacial score (nSPS) is 12.9. The Hall–Kier alpha value is -4.25. The second-order valence-corrected chi connectivity index (χ2v) is 8.65. The molecule has 0 unspecified atom stereocenters. The van der Waals surface area contributed by atoms with Crippen molar-refractivity contribution >= 4 is 22.6 Å². The predicted molar refractivity (Wildman–Crippen MR) is 135 cm³/mol. The van der Waals surface area contributed by atoms with Crippen molar-refractivity contribution in [1.29, 1.82) is 0 Å². The van der Waals surface area contributed by atoms with Crippen molar-refractivity contribution in [2.24, 2.45) is 14.1 Å². The van der Waals surface area contributed by atoms with Crippen LogP contribution >= 0.6 is 11.6 Å². The van der Waals surface area contributed by atoms with Crippen LogP contribution in [0.25, 0.3) is 22.3 Å². The monoisotopic (exact) mass is 481 g/mol. The van der Waals surface area contributed by atoms with Crippen molar-refractivity contribution in [2.45, 2.75) is 5.60 Å². The Balaban J connectivity index is 1.84. The summed E-state index contributed by atoms with van der Waals surface area (Å²) in [5, 5.41) is 13.4. The van der Waals surface area contributed by atoms with Crippen LogP contribution in [0.1, 0.15) is 22.5 Å². The van der Waals surface area contributed by atoms with Crippen molar-refractivity contribution in [3.63, 3.8) is 0 Å². The fourth-order valence-corrected chi connectivity index (χ4v) is 4.39. The first-order valence-corrected chi connectivity index (χ1v) is 11.1. The summed E-state index contributed by atoms with van der Waals surface area (Å²) >= 11 is 6.12. The summed E-state index contributed by atoms with van der Waals surface area (Å²) in [5.41, 5.74) is 1.79. The van der Waals surface area contributed by atoms with Crippen LogP contribution in [0.3, 0.4) is 0 Å². The van der Waals surface area contributed by atoms with Gasteiger partial charge < -0.3 is 9.67 Å². The van der Waals surface area contributed by atoms with Gasteiger partial charge in [0.05, 0.1) is 23.9 Å². The zero-order chi connectivity index (χ0) is 24.7. The van der Waals surface area contributed by atoms with Crippen molar-refractivity contribution in [2.75, 3.05) is 0 Å². The minimum absolute atomic E-state index is 0.236. The van der Waals surface area contributed by atoms with Gasteiger partial charge >= 0.3 is 0 Å². The van der Waals surface area contributed by atoms with Gasteiger partial charge in [0, 0.05) is 47.9 Å². The van der Waals surface area contributed by atoms with Crippen molar-refractivity contribution in [3.8, 4) is 23.6 Å². The first-order valence-electron chi connectivity index (χ1n) is 10.7. The number of hydrogen-bond donors (Lipinski definition) is 1. The highest BCUT2D eigenvalue weighted by Gasteiger charge is 2.37. The van der Waals surface area contributed by atoms with E-state index in [9.17, 15) is 9.90 Å². The number of nitrogens with zero attached hydrogens (tertiary/aromatic N) is 5. The fourth-order valence-electron chi connectivity index (χ4n) is 4.26. The number of benzene rings is 1. The van der Waals surface area contributed by atoms with E-state index in [-0.39, 0.29) is 5.56 Å². The van der Waals surface area contributed by atoms with Gasteiger partial charge in [-0.2, -0.15) is 0 Å². The van der Waals surface area contributed by atoms with E-state index in [1.165, 1.54) is 10.6 Å². The van der Waals surface area contributed by atoms with Gasteiger partial charge in [-0.1, -0.05) is 35.7 Å². The first-order chi connectivity index (χ1) is 16.8. The molecule has 1 N–H and O–H groups in total. The molecule has 0 bridgehead atoms. The Morgan fingerprint density at radius 2 is 1.83 bits per heavy atom. The molecule has 5 aromatic rings. The highest BCUT2D eigenvalue weighted by molar-refractivity contribution is 6.30. The van der Waals surface area contributed by atoms with Crippen molar-refractivity contribution in [3.05, 3.63) is 111 Å². The molecule has 8 heteroatoms. The molecular formula is C27H20ClN5O2. The lowest BCUT2D eigenvalue weighted by Gasteiger charge is -2.30. The van der Waals surface area contributed by atoms with Gasteiger partial charge in [0.2, 0.25) is 0 Å². The fraction of sp³-hybridized carbons (Fsp3) is 0.111. The van der Waals surface area contributed by atoms with Crippen molar-refractivity contribution < 1.29 is 5.11 Å². The molecule has 1 atom stereocenters. The molecule has 0 aliphatic carbocycles. The Bertz CT molecular complexity index is 1680. The zero-order valence-corrected chi connectivity index (χ0v) is 19.7. The summed E-state index contributed by atoms with van der Waals surface area (Å²) in [6.45, 7) is 0. The molecule has 4 heterocycles. The van der Waals surface area contributed by atoms with Crippen LogP contribution in [0.4, 0.5) is 0 Å². The van der Waals surface area contributed by atoms with Crippen LogP contribution in [-0.4, -0.2) is 29.2 Å². The van der Waals surface area contributed by atoms with E-state index < -0.39 is 5.60 Å². The molecule has 172 valence electrons. The molecule has 0 aliphatic rings. The lowest BCUT2D eigenvalue weighted by molar-refractivity contribution is 0.117. The lowest BCUT2D eigenvalue weighted by Crippen LogP contribution is -2.31. The SMILES string of the molecule is C#Cc1cccc(-c2cc(=O)n(C)c3ncc([C@](O)(c4ccc(Cl)cc4)c4cncn4C)cc23)n1. The van der Waals surface area contributed by atoms with Crippen molar-refractivity contribution in [1.82, 2.24) is 24.1 Å². The third-order valence-corrected chi connectivity index (χ3v) is 6.36. The van der Waals surface area contributed by atoms with Crippen LogP contribution in [-0.2, 0) is 19.7 Å². The number of pyridine rings is 3. The topological polar surface area (TPSA) is 85.8 Å². The van der Waals surface area contributed by atoms with E-state index in [1.54, 1.807) is 72.8 Å². The number of rotatable bonds is 4. The van der Waals surface area contributed by atoms with Crippen LogP contribution < -0.4 is 5.56 Å². The minimum atomic E-state index is -1.60. The average Bonchev–Trinajstić information content (AvgIpc) is 3.32. The van der Waals surface area contributed by atoms with Crippen LogP contribution in [0.5, 0.6) is 0 Å². The van der Waals surface area contributed by atoms with E-state index in [1.807, 2.05) is 13.1 Å². The summed E-state index contributed by atoms with van der Waals surface area (Å²) in [4.78, 5) is 26.0. The molecule has 0 saturated carbocycles. The van der Waals surface area contributed by atoms with Gasteiger partial charge in [0.1, 0.15) is 11.3 Å². The summed E-state index contributed by atoms with van der Waals surface area (Å²) in [7, 11) is 3.46. The first kappa shape index (κ1) is 22.5. The van der Waals surface area contributed by atoms with Crippen LogP contribution in [0, 0.1) is 12.3 Å². The quantitative estimate of drug-likeness (QED) is 0.396. The van der Waals surface area contributed by atoms with E-state index in [0.717, 1.165) is 0 Å². The zero-order valence-electron chi connectivity index (χ0n) is 19.0. The minimum Gasteiger partial charge on any atom is -0.374 e. The molecule has 0 amide bonds. The molecule has 5 rings (SSSR count). The molecule has 0 radical (unpaired) electrons. The van der Waals surface area contributed by atoms with E-state index >= 15 is 0 Å². The second kappa shape index (κ2) is 8.51. The maximum absolute atomic E-state index is 12.7. The number of aryl methyl sites for hydroxylation is 2. The standard InChI is InChI=1S/C27H20ClN5O2/c1-4-20-6-5-7-23(31-20)21-13-25(34)33(3)26-22(21)12-18(14-30-26)27(35,24-15-29-16-32(24)2)17-8-10-19(28)11-9-17/h1,5-16,35H,2-3H3/t27-/m1/s1. The van der Waals surface area contributed by atoms with Gasteiger partial charge in [-0.25, -0.2) is 15.0 Å². The van der Waals surface area contributed by atoms with E-state index in [2.05, 4.69) is 20.9 Å². The number of imidazole rings is 1. The van der Waals surface area contributed by atoms with Gasteiger partial charge in [-0.3, -0.25) is 9.36 Å². The van der Waals surface area contributed by atoms with E-state index in [4.69, 9.17) is 18.0 Å². The van der Waals surface area contributed by atoms with Gasteiger partial charge in [-0.15, -0.1) is 6.42 Å². The van der Waals surface area contributed by atoms with Gasteiger partial charge in [0.15, 0.2) is 5.60 Å².